The second-order valence-corrected chi connectivity index (χ2v) is 4.54. The number of carbonyl (C=O) groups is 2. The van der Waals surface area contributed by atoms with Gasteiger partial charge in [-0.3, -0.25) is 4.79 Å². The highest BCUT2D eigenvalue weighted by atomic mass is 16.5. The lowest BCUT2D eigenvalue weighted by Gasteiger charge is -2.21. The number of amides is 1. The highest BCUT2D eigenvalue weighted by Crippen LogP contribution is 2.19. The molecule has 1 aromatic heterocycles. The summed E-state index contributed by atoms with van der Waals surface area (Å²) in [6.07, 6.45) is 3.56. The van der Waals surface area contributed by atoms with E-state index in [4.69, 9.17) is 9.84 Å². The number of carboxylic acid groups (broad SMARTS) is 1. The molecule has 6 heteroatoms. The highest BCUT2D eigenvalue weighted by molar-refractivity contribution is 5.92. The SMILES string of the molecule is O=C(CC1CCOCC1)Nc1cc(C(=O)O)ccn1. The third kappa shape index (κ3) is 4.03. The first kappa shape index (κ1) is 13.5. The molecule has 6 nitrogen and oxygen atoms in total. The van der Waals surface area contributed by atoms with Crippen molar-refractivity contribution in [2.75, 3.05) is 18.5 Å². The van der Waals surface area contributed by atoms with Gasteiger partial charge in [0.1, 0.15) is 5.82 Å². The van der Waals surface area contributed by atoms with Gasteiger partial charge in [-0.15, -0.1) is 0 Å². The number of rotatable bonds is 4. The number of ether oxygens (including phenoxy) is 1. The van der Waals surface area contributed by atoms with Crippen LogP contribution in [0.3, 0.4) is 0 Å². The summed E-state index contributed by atoms with van der Waals surface area (Å²) in [5.41, 5.74) is 0.108. The van der Waals surface area contributed by atoms with Gasteiger partial charge >= 0.3 is 5.97 Å². The van der Waals surface area contributed by atoms with Crippen LogP contribution in [-0.4, -0.2) is 35.2 Å². The van der Waals surface area contributed by atoms with Crippen molar-refractivity contribution < 1.29 is 19.4 Å². The van der Waals surface area contributed by atoms with E-state index in [0.29, 0.717) is 25.6 Å². The lowest BCUT2D eigenvalue weighted by Crippen LogP contribution is -2.22. The normalized spacial score (nSPS) is 16.0. The fourth-order valence-corrected chi connectivity index (χ4v) is 2.04. The average molecular weight is 264 g/mol. The molecule has 0 aliphatic carbocycles. The minimum atomic E-state index is -1.04. The second kappa shape index (κ2) is 6.29. The zero-order valence-corrected chi connectivity index (χ0v) is 10.5. The summed E-state index contributed by atoms with van der Waals surface area (Å²) >= 11 is 0. The third-order valence-corrected chi connectivity index (χ3v) is 3.09. The molecule has 1 saturated heterocycles. The number of pyridine rings is 1. The third-order valence-electron chi connectivity index (χ3n) is 3.09. The Morgan fingerprint density at radius 2 is 2.16 bits per heavy atom. The summed E-state index contributed by atoms with van der Waals surface area (Å²) in [7, 11) is 0. The average Bonchev–Trinajstić information content (AvgIpc) is 2.40. The van der Waals surface area contributed by atoms with Gasteiger partial charge in [0.05, 0.1) is 5.56 Å². The van der Waals surface area contributed by atoms with E-state index in [1.807, 2.05) is 0 Å². The van der Waals surface area contributed by atoms with Crippen molar-refractivity contribution in [1.29, 1.82) is 0 Å². The molecule has 0 spiro atoms. The standard InChI is InChI=1S/C13H16N2O4/c16-12(7-9-2-5-19-6-3-9)15-11-8-10(13(17)18)1-4-14-11/h1,4,8-9H,2-3,5-7H2,(H,17,18)(H,14,15,16). The molecule has 0 radical (unpaired) electrons. The van der Waals surface area contributed by atoms with Crippen molar-refractivity contribution >= 4 is 17.7 Å². The number of anilines is 1. The lowest BCUT2D eigenvalue weighted by molar-refractivity contribution is -0.117. The first-order valence-electron chi connectivity index (χ1n) is 6.22. The van der Waals surface area contributed by atoms with Gasteiger partial charge in [-0.05, 0) is 30.9 Å². The van der Waals surface area contributed by atoms with Crippen molar-refractivity contribution in [2.45, 2.75) is 19.3 Å². The van der Waals surface area contributed by atoms with Gasteiger partial charge in [-0.2, -0.15) is 0 Å². The summed E-state index contributed by atoms with van der Waals surface area (Å²) < 4.78 is 5.23. The van der Waals surface area contributed by atoms with Gasteiger partial charge in [0.15, 0.2) is 0 Å². The van der Waals surface area contributed by atoms with Gasteiger partial charge < -0.3 is 15.2 Å². The number of aromatic carboxylic acids is 1. The van der Waals surface area contributed by atoms with Crippen molar-refractivity contribution in [3.05, 3.63) is 23.9 Å². The maximum atomic E-state index is 11.8. The number of aromatic nitrogens is 1. The molecule has 0 bridgehead atoms. The number of hydrogen-bond donors (Lipinski definition) is 2. The molecule has 0 saturated carbocycles. The molecular weight excluding hydrogens is 248 g/mol. The first-order valence-corrected chi connectivity index (χ1v) is 6.22. The van der Waals surface area contributed by atoms with Crippen LogP contribution in [0.5, 0.6) is 0 Å². The molecule has 0 atom stereocenters. The Balaban J connectivity index is 1.90. The van der Waals surface area contributed by atoms with E-state index in [2.05, 4.69) is 10.3 Å². The van der Waals surface area contributed by atoms with Crippen LogP contribution in [0.1, 0.15) is 29.6 Å². The zero-order chi connectivity index (χ0) is 13.7. The van der Waals surface area contributed by atoms with E-state index >= 15 is 0 Å². The number of carbonyl (C=O) groups excluding carboxylic acids is 1. The number of nitrogens with one attached hydrogen (secondary N) is 1. The Labute approximate surface area is 110 Å². The quantitative estimate of drug-likeness (QED) is 0.861. The molecule has 2 rings (SSSR count). The minimum absolute atomic E-state index is 0.108. The van der Waals surface area contributed by atoms with Crippen LogP contribution in [0.15, 0.2) is 18.3 Å². The summed E-state index contributed by atoms with van der Waals surface area (Å²) in [5, 5.41) is 11.5. The topological polar surface area (TPSA) is 88.5 Å². The van der Waals surface area contributed by atoms with E-state index in [0.717, 1.165) is 12.8 Å². The molecule has 1 fully saturated rings. The van der Waals surface area contributed by atoms with E-state index in [-0.39, 0.29) is 17.3 Å². The van der Waals surface area contributed by atoms with Crippen molar-refractivity contribution in [2.24, 2.45) is 5.92 Å². The van der Waals surface area contributed by atoms with Crippen molar-refractivity contribution in [3.63, 3.8) is 0 Å². The van der Waals surface area contributed by atoms with E-state index in [9.17, 15) is 9.59 Å². The van der Waals surface area contributed by atoms with Crippen LogP contribution in [0.25, 0.3) is 0 Å². The molecule has 1 aliphatic heterocycles. The Morgan fingerprint density at radius 1 is 1.42 bits per heavy atom. The predicted octanol–water partition coefficient (Wildman–Crippen LogP) is 1.53. The largest absolute Gasteiger partial charge is 0.478 e. The smallest absolute Gasteiger partial charge is 0.335 e. The molecule has 2 heterocycles. The Hall–Kier alpha value is -1.95. The maximum Gasteiger partial charge on any atom is 0.335 e. The van der Waals surface area contributed by atoms with Crippen LogP contribution in [0, 0.1) is 5.92 Å². The number of carboxylic acids is 1. The van der Waals surface area contributed by atoms with Gasteiger partial charge in [0.2, 0.25) is 5.91 Å². The Bertz CT molecular complexity index is 469. The molecule has 1 aromatic rings. The number of hydrogen-bond acceptors (Lipinski definition) is 4. The molecule has 2 N–H and O–H groups in total. The van der Waals surface area contributed by atoms with Gasteiger partial charge in [0.25, 0.3) is 0 Å². The Kier molecular flexibility index (Phi) is 4.46. The summed E-state index contributed by atoms with van der Waals surface area (Å²) in [6, 6.07) is 2.74. The highest BCUT2D eigenvalue weighted by Gasteiger charge is 2.17. The zero-order valence-electron chi connectivity index (χ0n) is 10.5. The van der Waals surface area contributed by atoms with Crippen LogP contribution < -0.4 is 5.32 Å². The van der Waals surface area contributed by atoms with Crippen molar-refractivity contribution in [3.8, 4) is 0 Å². The lowest BCUT2D eigenvalue weighted by atomic mass is 9.96. The van der Waals surface area contributed by atoms with Crippen molar-refractivity contribution in [1.82, 2.24) is 4.98 Å². The summed E-state index contributed by atoms with van der Waals surface area (Å²) in [6.45, 7) is 1.40. The summed E-state index contributed by atoms with van der Waals surface area (Å²) in [4.78, 5) is 26.6. The molecule has 19 heavy (non-hydrogen) atoms. The monoisotopic (exact) mass is 264 g/mol. The van der Waals surface area contributed by atoms with Crippen LogP contribution >= 0.6 is 0 Å². The molecule has 0 aromatic carbocycles. The molecular formula is C13H16N2O4. The van der Waals surface area contributed by atoms with E-state index < -0.39 is 5.97 Å². The molecule has 1 aliphatic rings. The molecule has 102 valence electrons. The van der Waals surface area contributed by atoms with Crippen LogP contribution in [0.2, 0.25) is 0 Å². The van der Waals surface area contributed by atoms with E-state index in [1.165, 1.54) is 18.3 Å². The van der Waals surface area contributed by atoms with Gasteiger partial charge in [0, 0.05) is 25.8 Å². The Morgan fingerprint density at radius 3 is 2.84 bits per heavy atom. The minimum Gasteiger partial charge on any atom is -0.478 e. The van der Waals surface area contributed by atoms with E-state index in [1.54, 1.807) is 0 Å². The maximum absolute atomic E-state index is 11.8. The fraction of sp³-hybridized carbons (Fsp3) is 0.462. The first-order chi connectivity index (χ1) is 9.15. The predicted molar refractivity (Wildman–Crippen MR) is 68.0 cm³/mol. The van der Waals surface area contributed by atoms with Crippen LogP contribution in [0.4, 0.5) is 5.82 Å². The second-order valence-electron chi connectivity index (χ2n) is 4.54. The molecule has 1 amide bonds. The van der Waals surface area contributed by atoms with Gasteiger partial charge in [-0.25, -0.2) is 9.78 Å². The molecule has 0 unspecified atom stereocenters. The fourth-order valence-electron chi connectivity index (χ4n) is 2.04. The van der Waals surface area contributed by atoms with Gasteiger partial charge in [-0.1, -0.05) is 0 Å². The number of nitrogens with zero attached hydrogens (tertiary/aromatic N) is 1. The van der Waals surface area contributed by atoms with Crippen LogP contribution in [-0.2, 0) is 9.53 Å². The summed E-state index contributed by atoms with van der Waals surface area (Å²) in [5.74, 6) is -0.572.